The molecule has 0 aromatic rings. The minimum atomic E-state index is -0.0856. The number of hydrogen-bond acceptors (Lipinski definition) is 4. The number of aliphatic hydroxyl groups excluding tert-OH is 2. The first-order chi connectivity index (χ1) is 9.31. The van der Waals surface area contributed by atoms with Crippen molar-refractivity contribution in [1.82, 2.24) is 0 Å². The van der Waals surface area contributed by atoms with Crippen molar-refractivity contribution in [2.45, 2.75) is 70.6 Å². The Morgan fingerprint density at radius 3 is 1.74 bits per heavy atom. The highest BCUT2D eigenvalue weighted by atomic mass is 16.5. The van der Waals surface area contributed by atoms with Crippen LogP contribution in [0.4, 0.5) is 0 Å². The fourth-order valence-electron chi connectivity index (χ4n) is 1.91. The van der Waals surface area contributed by atoms with Gasteiger partial charge in [0.1, 0.15) is 0 Å². The van der Waals surface area contributed by atoms with E-state index in [0.717, 1.165) is 64.2 Å². The third-order valence-corrected chi connectivity index (χ3v) is 3.10. The van der Waals surface area contributed by atoms with Crippen molar-refractivity contribution < 1.29 is 19.7 Å². The Morgan fingerprint density at radius 1 is 0.684 bits per heavy atom. The maximum absolute atomic E-state index is 11.4. The summed E-state index contributed by atoms with van der Waals surface area (Å²) in [7, 11) is 0. The lowest BCUT2D eigenvalue weighted by Crippen LogP contribution is -2.05. The zero-order valence-corrected chi connectivity index (χ0v) is 12.1. The summed E-state index contributed by atoms with van der Waals surface area (Å²) in [5.74, 6) is -0.0856. The summed E-state index contributed by atoms with van der Waals surface area (Å²) in [6.45, 7) is 1.05. The summed E-state index contributed by atoms with van der Waals surface area (Å²) < 4.78 is 5.13. The topological polar surface area (TPSA) is 66.8 Å². The van der Waals surface area contributed by atoms with E-state index in [1.165, 1.54) is 0 Å². The molecule has 4 nitrogen and oxygen atoms in total. The van der Waals surface area contributed by atoms with Crippen LogP contribution < -0.4 is 0 Å². The van der Waals surface area contributed by atoms with Gasteiger partial charge in [-0.05, 0) is 32.1 Å². The largest absolute Gasteiger partial charge is 0.466 e. The Bertz CT molecular complexity index is 195. The number of carbonyl (C=O) groups excluding carboxylic acids is 1. The first-order valence-corrected chi connectivity index (χ1v) is 7.68. The number of esters is 1. The monoisotopic (exact) mass is 274 g/mol. The first-order valence-electron chi connectivity index (χ1n) is 7.68. The molecule has 0 bridgehead atoms. The van der Waals surface area contributed by atoms with Crippen LogP contribution in [0.15, 0.2) is 0 Å². The molecule has 19 heavy (non-hydrogen) atoms. The molecule has 114 valence electrons. The Labute approximate surface area is 117 Å². The molecule has 0 saturated carbocycles. The lowest BCUT2D eigenvalue weighted by molar-refractivity contribution is -0.143. The van der Waals surface area contributed by atoms with Crippen LogP contribution in [0.3, 0.4) is 0 Å². The van der Waals surface area contributed by atoms with Gasteiger partial charge in [0.15, 0.2) is 0 Å². The molecule has 0 heterocycles. The number of unbranched alkanes of at least 4 members (excludes halogenated alkanes) is 8. The summed E-state index contributed by atoms with van der Waals surface area (Å²) in [5, 5.41) is 17.2. The van der Waals surface area contributed by atoms with E-state index in [2.05, 4.69) is 0 Å². The van der Waals surface area contributed by atoms with E-state index in [-0.39, 0.29) is 19.2 Å². The van der Waals surface area contributed by atoms with Gasteiger partial charge < -0.3 is 14.9 Å². The standard InChI is InChI=1S/C15H30O4/c16-12-8-4-2-1-3-7-11-15(18)19-14-10-6-5-9-13-17/h16-17H,1-14H2. The fraction of sp³-hybridized carbons (Fsp3) is 0.933. The Kier molecular flexibility index (Phi) is 15.0. The van der Waals surface area contributed by atoms with Gasteiger partial charge in [0.05, 0.1) is 6.61 Å². The molecule has 0 unspecified atom stereocenters. The number of rotatable bonds is 14. The molecule has 2 N–H and O–H groups in total. The van der Waals surface area contributed by atoms with Gasteiger partial charge in [-0.1, -0.05) is 32.1 Å². The number of ether oxygens (including phenoxy) is 1. The first kappa shape index (κ1) is 18.4. The second-order valence-corrected chi connectivity index (χ2v) is 4.95. The zero-order valence-electron chi connectivity index (χ0n) is 12.1. The van der Waals surface area contributed by atoms with Gasteiger partial charge in [0.25, 0.3) is 0 Å². The minimum Gasteiger partial charge on any atom is -0.466 e. The summed E-state index contributed by atoms with van der Waals surface area (Å²) in [6, 6.07) is 0. The molecule has 0 rings (SSSR count). The Morgan fingerprint density at radius 2 is 1.16 bits per heavy atom. The molecule has 0 saturated heterocycles. The average molecular weight is 274 g/mol. The van der Waals surface area contributed by atoms with Crippen LogP contribution in [0.2, 0.25) is 0 Å². The third kappa shape index (κ3) is 15.3. The molecule has 0 spiro atoms. The van der Waals surface area contributed by atoms with Crippen molar-refractivity contribution in [3.05, 3.63) is 0 Å². The maximum Gasteiger partial charge on any atom is 0.305 e. The van der Waals surface area contributed by atoms with Crippen LogP contribution in [0, 0.1) is 0 Å². The van der Waals surface area contributed by atoms with Crippen LogP contribution in [-0.2, 0) is 9.53 Å². The van der Waals surface area contributed by atoms with Crippen LogP contribution in [0.5, 0.6) is 0 Å². The molecular formula is C15H30O4. The van der Waals surface area contributed by atoms with E-state index >= 15 is 0 Å². The van der Waals surface area contributed by atoms with Crippen molar-refractivity contribution in [2.24, 2.45) is 0 Å². The van der Waals surface area contributed by atoms with Gasteiger partial charge in [-0.15, -0.1) is 0 Å². The Balaban J connectivity index is 3.13. The highest BCUT2D eigenvalue weighted by Gasteiger charge is 2.02. The summed E-state index contributed by atoms with van der Waals surface area (Å²) in [4.78, 5) is 11.4. The second-order valence-electron chi connectivity index (χ2n) is 4.95. The van der Waals surface area contributed by atoms with Crippen molar-refractivity contribution in [2.75, 3.05) is 19.8 Å². The SMILES string of the molecule is O=C(CCCCCCCCO)OCCCCCCO. The van der Waals surface area contributed by atoms with Crippen LogP contribution in [-0.4, -0.2) is 36.0 Å². The van der Waals surface area contributed by atoms with Gasteiger partial charge in [-0.2, -0.15) is 0 Å². The second kappa shape index (κ2) is 15.4. The van der Waals surface area contributed by atoms with E-state index in [9.17, 15) is 4.79 Å². The predicted molar refractivity (Wildman–Crippen MR) is 75.9 cm³/mol. The van der Waals surface area contributed by atoms with Crippen molar-refractivity contribution in [1.29, 1.82) is 0 Å². The van der Waals surface area contributed by atoms with Gasteiger partial charge in [-0.3, -0.25) is 4.79 Å². The van der Waals surface area contributed by atoms with Crippen molar-refractivity contribution in [3.63, 3.8) is 0 Å². The van der Waals surface area contributed by atoms with E-state index in [0.29, 0.717) is 13.0 Å². The highest BCUT2D eigenvalue weighted by Crippen LogP contribution is 2.08. The molecule has 0 aliphatic rings. The number of carbonyl (C=O) groups is 1. The van der Waals surface area contributed by atoms with Crippen LogP contribution in [0.1, 0.15) is 70.6 Å². The molecule has 0 atom stereocenters. The molecule has 0 aromatic carbocycles. The average Bonchev–Trinajstić information content (AvgIpc) is 2.41. The maximum atomic E-state index is 11.4. The molecule has 0 aliphatic carbocycles. The fourth-order valence-corrected chi connectivity index (χ4v) is 1.91. The minimum absolute atomic E-state index is 0.0856. The van der Waals surface area contributed by atoms with Gasteiger partial charge >= 0.3 is 5.97 Å². The van der Waals surface area contributed by atoms with Gasteiger partial charge in [0.2, 0.25) is 0 Å². The lowest BCUT2D eigenvalue weighted by Gasteiger charge is -2.04. The summed E-state index contributed by atoms with van der Waals surface area (Å²) >= 11 is 0. The zero-order chi connectivity index (χ0) is 14.2. The third-order valence-electron chi connectivity index (χ3n) is 3.10. The molecular weight excluding hydrogens is 244 g/mol. The van der Waals surface area contributed by atoms with Crippen LogP contribution >= 0.6 is 0 Å². The molecule has 0 amide bonds. The normalized spacial score (nSPS) is 10.6. The van der Waals surface area contributed by atoms with E-state index in [1.807, 2.05) is 0 Å². The molecule has 0 aromatic heterocycles. The molecule has 4 heteroatoms. The molecule has 0 aliphatic heterocycles. The van der Waals surface area contributed by atoms with E-state index in [4.69, 9.17) is 14.9 Å². The predicted octanol–water partition coefficient (Wildman–Crippen LogP) is 2.81. The quantitative estimate of drug-likeness (QED) is 0.377. The van der Waals surface area contributed by atoms with E-state index < -0.39 is 0 Å². The molecule has 0 radical (unpaired) electrons. The van der Waals surface area contributed by atoms with Gasteiger partial charge in [0, 0.05) is 19.6 Å². The van der Waals surface area contributed by atoms with Crippen molar-refractivity contribution >= 4 is 5.97 Å². The smallest absolute Gasteiger partial charge is 0.305 e. The molecule has 0 fully saturated rings. The Hall–Kier alpha value is -0.610. The summed E-state index contributed by atoms with van der Waals surface area (Å²) in [6.07, 6.45) is 10.5. The highest BCUT2D eigenvalue weighted by molar-refractivity contribution is 5.69. The lowest BCUT2D eigenvalue weighted by atomic mass is 10.1. The van der Waals surface area contributed by atoms with Gasteiger partial charge in [-0.25, -0.2) is 0 Å². The number of hydrogen-bond donors (Lipinski definition) is 2. The van der Waals surface area contributed by atoms with Crippen molar-refractivity contribution in [3.8, 4) is 0 Å². The summed E-state index contributed by atoms with van der Waals surface area (Å²) in [5.41, 5.74) is 0. The number of aliphatic hydroxyl groups is 2. The van der Waals surface area contributed by atoms with Crippen LogP contribution in [0.25, 0.3) is 0 Å². The van der Waals surface area contributed by atoms with E-state index in [1.54, 1.807) is 0 Å².